The van der Waals surface area contributed by atoms with Gasteiger partial charge >= 0.3 is 5.97 Å². The average Bonchev–Trinajstić information content (AvgIpc) is 3.25. The molecule has 0 aliphatic rings. The van der Waals surface area contributed by atoms with Gasteiger partial charge in [0.2, 0.25) is 35.4 Å². The Balaban J connectivity index is 1.63. The third-order valence-electron chi connectivity index (χ3n) is 11.1. The van der Waals surface area contributed by atoms with E-state index in [1.807, 2.05) is 44.2 Å². The number of aliphatic carboxylic acids is 1. The number of nitrogens with one attached hydrogen (secondary N) is 4. The molecule has 0 bridgehead atoms. The Bertz CT molecular complexity index is 1810. The van der Waals surface area contributed by atoms with Gasteiger partial charge in [-0.15, -0.1) is 0 Å². The molecule has 360 valence electrons. The van der Waals surface area contributed by atoms with E-state index in [4.69, 9.17) is 11.5 Å². The number of carboxylic acid groups (broad SMARTS) is 1. The molecule has 0 saturated heterocycles. The van der Waals surface area contributed by atoms with Gasteiger partial charge in [0.05, 0.1) is 6.10 Å². The number of likely N-dealkylation sites (N-methyl/N-ethyl adjacent to an activating group) is 1. The molecule has 0 spiro atoms. The van der Waals surface area contributed by atoms with Crippen LogP contribution in [-0.4, -0.2) is 106 Å². The molecular formula is C48H73N7O10. The van der Waals surface area contributed by atoms with Crippen molar-refractivity contribution in [3.63, 3.8) is 0 Å². The summed E-state index contributed by atoms with van der Waals surface area (Å²) in [6.45, 7) is 5.20. The van der Waals surface area contributed by atoms with Crippen molar-refractivity contribution in [3.05, 3.63) is 71.8 Å². The summed E-state index contributed by atoms with van der Waals surface area (Å²) < 4.78 is 0. The van der Waals surface area contributed by atoms with Crippen molar-refractivity contribution in [2.75, 3.05) is 7.05 Å². The number of aliphatic hydroxyl groups is 1. The van der Waals surface area contributed by atoms with Gasteiger partial charge in [0, 0.05) is 32.7 Å². The van der Waals surface area contributed by atoms with E-state index in [1.54, 1.807) is 30.3 Å². The summed E-state index contributed by atoms with van der Waals surface area (Å²) in [6.07, 6.45) is 10.5. The van der Waals surface area contributed by atoms with Crippen LogP contribution in [0.1, 0.15) is 128 Å². The molecule has 0 unspecified atom stereocenters. The lowest BCUT2D eigenvalue weighted by molar-refractivity contribution is -0.145. The van der Waals surface area contributed by atoms with E-state index < -0.39 is 77.7 Å². The Kier molecular flexibility index (Phi) is 25.8. The molecule has 0 saturated carbocycles. The molecule has 7 amide bonds. The van der Waals surface area contributed by atoms with E-state index in [9.17, 15) is 48.6 Å². The predicted octanol–water partition coefficient (Wildman–Crippen LogP) is 3.18. The fourth-order valence-corrected chi connectivity index (χ4v) is 7.38. The fourth-order valence-electron chi connectivity index (χ4n) is 7.38. The predicted molar refractivity (Wildman–Crippen MR) is 246 cm³/mol. The molecular weight excluding hydrogens is 835 g/mol. The van der Waals surface area contributed by atoms with Gasteiger partial charge in [-0.25, -0.2) is 4.79 Å². The molecule has 0 aromatic heterocycles. The standard InChI is InChI=1S/C48H73N7O10/c1-32(2)29-38(45(61)51-36(43(49)59)30-34-23-17-15-18-24-34)55(4)47(63)41(33(3)56)53-39(57)27-21-13-11-9-7-5-6-8-10-12-14-22-28-40(58)54-42(44(50)60)46(62)52-37(48(64)65)31-35-25-19-16-20-26-35/h15-20,23-26,32-33,36-38,41-42,56H,5-14,21-22,27-31H2,1-4H3,(H2,49,59)(H2,50,60)(H,51,61)(H,52,62)(H,53,57)(H,54,58)(H,64,65)/t33-,36-,37+,38-,41-,42-/m0/s1. The summed E-state index contributed by atoms with van der Waals surface area (Å²) in [5.74, 6) is -6.13. The second-order valence-corrected chi connectivity index (χ2v) is 17.3. The Hall–Kier alpha value is -5.84. The van der Waals surface area contributed by atoms with Crippen molar-refractivity contribution in [1.82, 2.24) is 26.2 Å². The third-order valence-corrected chi connectivity index (χ3v) is 11.1. The molecule has 2 aromatic rings. The van der Waals surface area contributed by atoms with Gasteiger partial charge in [-0.1, -0.05) is 139 Å². The molecule has 6 atom stereocenters. The van der Waals surface area contributed by atoms with E-state index >= 15 is 0 Å². The molecule has 17 heteroatoms. The zero-order valence-corrected chi connectivity index (χ0v) is 38.6. The third kappa shape index (κ3) is 22.1. The summed E-state index contributed by atoms with van der Waals surface area (Å²) in [7, 11) is 1.45. The van der Waals surface area contributed by atoms with Crippen LogP contribution in [0.3, 0.4) is 0 Å². The minimum Gasteiger partial charge on any atom is -0.480 e. The number of carbonyl (C=O) groups is 8. The first kappa shape index (κ1) is 55.3. The summed E-state index contributed by atoms with van der Waals surface area (Å²) >= 11 is 0. The summed E-state index contributed by atoms with van der Waals surface area (Å²) in [5.41, 5.74) is 12.5. The Morgan fingerprint density at radius 2 is 0.985 bits per heavy atom. The molecule has 0 aliphatic carbocycles. The van der Waals surface area contributed by atoms with Crippen LogP contribution in [0.25, 0.3) is 0 Å². The van der Waals surface area contributed by atoms with Gasteiger partial charge < -0.3 is 47.8 Å². The summed E-state index contributed by atoms with van der Waals surface area (Å²) in [5, 5.41) is 30.1. The maximum absolute atomic E-state index is 13.6. The van der Waals surface area contributed by atoms with Crippen molar-refractivity contribution < 1.29 is 48.6 Å². The van der Waals surface area contributed by atoms with Crippen LogP contribution in [0, 0.1) is 5.92 Å². The van der Waals surface area contributed by atoms with Crippen LogP contribution in [0.2, 0.25) is 0 Å². The molecule has 2 aromatic carbocycles. The van der Waals surface area contributed by atoms with Crippen LogP contribution < -0.4 is 32.7 Å². The topological polar surface area (TPSA) is 280 Å². The van der Waals surface area contributed by atoms with E-state index in [2.05, 4.69) is 21.3 Å². The van der Waals surface area contributed by atoms with Crippen molar-refractivity contribution >= 4 is 47.3 Å². The lowest BCUT2D eigenvalue weighted by atomic mass is 9.99. The number of hydrogen-bond acceptors (Lipinski definition) is 9. The second-order valence-electron chi connectivity index (χ2n) is 17.3. The number of amides is 7. The molecule has 0 radical (unpaired) electrons. The number of benzene rings is 2. The molecule has 10 N–H and O–H groups in total. The number of rotatable bonds is 33. The van der Waals surface area contributed by atoms with Crippen molar-refractivity contribution in [2.45, 2.75) is 166 Å². The number of unbranched alkanes of at least 4 members (excludes halogenated alkanes) is 11. The monoisotopic (exact) mass is 908 g/mol. The minimum atomic E-state index is -1.69. The lowest BCUT2D eigenvalue weighted by Crippen LogP contribution is -2.59. The van der Waals surface area contributed by atoms with E-state index in [-0.39, 0.29) is 43.9 Å². The SMILES string of the molecule is CC(C)C[C@@H](C(=O)N[C@@H](Cc1ccccc1)C(N)=O)N(C)C(=O)[C@@H](NC(=O)CCCCCCCCCCCCCCC(=O)N[C@@H](C(N)=O)C(=O)N[C@H](Cc1ccccc1)C(=O)O)[C@H](C)O. The van der Waals surface area contributed by atoms with Crippen molar-refractivity contribution in [1.29, 1.82) is 0 Å². The molecule has 65 heavy (non-hydrogen) atoms. The minimum absolute atomic E-state index is 0.000354. The first-order chi connectivity index (χ1) is 30.9. The Morgan fingerprint density at radius 1 is 0.569 bits per heavy atom. The molecule has 0 aliphatic heterocycles. The number of carbonyl (C=O) groups excluding carboxylic acids is 7. The second kappa shape index (κ2) is 30.3. The van der Waals surface area contributed by atoms with Crippen LogP contribution in [-0.2, 0) is 51.2 Å². The zero-order valence-electron chi connectivity index (χ0n) is 38.6. The number of hydrogen-bond donors (Lipinski definition) is 8. The summed E-state index contributed by atoms with van der Waals surface area (Å²) in [6, 6.07) is 11.6. The number of nitrogens with two attached hydrogens (primary N) is 2. The van der Waals surface area contributed by atoms with E-state index in [0.717, 1.165) is 69.8 Å². The van der Waals surface area contributed by atoms with E-state index in [1.165, 1.54) is 18.9 Å². The van der Waals surface area contributed by atoms with Crippen LogP contribution in [0.15, 0.2) is 60.7 Å². The quantitative estimate of drug-likeness (QED) is 0.0383. The van der Waals surface area contributed by atoms with Crippen LogP contribution >= 0.6 is 0 Å². The molecule has 0 heterocycles. The molecule has 2 rings (SSSR count). The highest BCUT2D eigenvalue weighted by molar-refractivity contribution is 6.07. The van der Waals surface area contributed by atoms with Gasteiger partial charge in [-0.2, -0.15) is 0 Å². The van der Waals surface area contributed by atoms with Gasteiger partial charge in [0.1, 0.15) is 24.2 Å². The lowest BCUT2D eigenvalue weighted by Gasteiger charge is -2.33. The highest BCUT2D eigenvalue weighted by Crippen LogP contribution is 2.16. The first-order valence-electron chi connectivity index (χ1n) is 22.9. The fraction of sp³-hybridized carbons (Fsp3) is 0.583. The van der Waals surface area contributed by atoms with Crippen LogP contribution in [0.4, 0.5) is 0 Å². The summed E-state index contributed by atoms with van der Waals surface area (Å²) in [4.78, 5) is 102. The van der Waals surface area contributed by atoms with Gasteiger partial charge in [0.15, 0.2) is 6.04 Å². The number of carboxylic acids is 1. The maximum Gasteiger partial charge on any atom is 0.326 e. The Labute approximate surface area is 383 Å². The highest BCUT2D eigenvalue weighted by atomic mass is 16.4. The maximum atomic E-state index is 13.6. The number of primary amides is 2. The normalized spacial score (nSPS) is 13.9. The van der Waals surface area contributed by atoms with Crippen molar-refractivity contribution in [3.8, 4) is 0 Å². The number of aliphatic hydroxyl groups excluding tert-OH is 1. The largest absolute Gasteiger partial charge is 0.480 e. The van der Waals surface area contributed by atoms with Crippen LogP contribution in [0.5, 0.6) is 0 Å². The molecule has 0 fully saturated rings. The van der Waals surface area contributed by atoms with Gasteiger partial charge in [-0.3, -0.25) is 33.6 Å². The van der Waals surface area contributed by atoms with E-state index in [0.29, 0.717) is 18.4 Å². The average molecular weight is 908 g/mol. The smallest absolute Gasteiger partial charge is 0.326 e. The van der Waals surface area contributed by atoms with Gasteiger partial charge in [-0.05, 0) is 43.2 Å². The Morgan fingerprint density at radius 3 is 1.38 bits per heavy atom. The van der Waals surface area contributed by atoms with Crippen molar-refractivity contribution in [2.24, 2.45) is 17.4 Å². The number of nitrogens with zero attached hydrogens (tertiary/aromatic N) is 1. The molecule has 17 nitrogen and oxygen atoms in total. The zero-order chi connectivity index (χ0) is 48.3. The first-order valence-corrected chi connectivity index (χ1v) is 22.9. The highest BCUT2D eigenvalue weighted by Gasteiger charge is 2.36. The van der Waals surface area contributed by atoms with Gasteiger partial charge in [0.25, 0.3) is 5.91 Å².